The Hall–Kier alpha value is -0.980. The Morgan fingerprint density at radius 3 is 2.50 bits per heavy atom. The first-order valence-electron chi connectivity index (χ1n) is 4.23. The average molecular weight is 300 g/mol. The van der Waals surface area contributed by atoms with Crippen LogP contribution < -0.4 is 9.47 Å². The minimum atomic E-state index is -4.73. The molecule has 0 spiro atoms. The van der Waals surface area contributed by atoms with Crippen molar-refractivity contribution in [3.8, 4) is 11.5 Å². The summed E-state index contributed by atoms with van der Waals surface area (Å²) in [5.41, 5.74) is 0.791. The number of methoxy groups -OCH3 is 1. The number of nitrogens with zero attached hydrogens (tertiary/aromatic N) is 1. The number of pyridine rings is 1. The third kappa shape index (κ3) is 3.01. The van der Waals surface area contributed by atoms with Crippen LogP contribution in [0.1, 0.15) is 11.3 Å². The van der Waals surface area contributed by atoms with Crippen molar-refractivity contribution in [2.45, 2.75) is 18.6 Å². The quantitative estimate of drug-likeness (QED) is 0.803. The Labute approximate surface area is 98.7 Å². The fourth-order valence-electron chi connectivity index (χ4n) is 1.21. The van der Waals surface area contributed by atoms with Crippen LogP contribution in [0, 0.1) is 6.92 Å². The van der Waals surface area contributed by atoms with Gasteiger partial charge in [-0.05, 0) is 6.92 Å². The third-order valence-corrected chi connectivity index (χ3v) is 2.40. The van der Waals surface area contributed by atoms with Crippen LogP contribution in [0.5, 0.6) is 11.5 Å². The highest BCUT2D eigenvalue weighted by atomic mass is 79.9. The van der Waals surface area contributed by atoms with E-state index >= 15 is 0 Å². The molecule has 16 heavy (non-hydrogen) atoms. The zero-order valence-corrected chi connectivity index (χ0v) is 10.1. The molecular formula is C9H9BrF3NO2. The van der Waals surface area contributed by atoms with Crippen molar-refractivity contribution >= 4 is 15.9 Å². The smallest absolute Gasteiger partial charge is 0.494 e. The van der Waals surface area contributed by atoms with E-state index in [9.17, 15) is 13.2 Å². The minimum Gasteiger partial charge on any atom is -0.494 e. The Morgan fingerprint density at radius 2 is 2.06 bits per heavy atom. The summed E-state index contributed by atoms with van der Waals surface area (Å²) in [4.78, 5) is 3.82. The molecule has 0 radical (unpaired) electrons. The van der Waals surface area contributed by atoms with E-state index in [1.807, 2.05) is 0 Å². The van der Waals surface area contributed by atoms with Crippen molar-refractivity contribution in [3.05, 3.63) is 17.5 Å². The van der Waals surface area contributed by atoms with E-state index in [0.717, 1.165) is 6.20 Å². The highest BCUT2D eigenvalue weighted by molar-refractivity contribution is 9.08. The predicted octanol–water partition coefficient (Wildman–Crippen LogP) is 3.19. The van der Waals surface area contributed by atoms with E-state index in [-0.39, 0.29) is 11.3 Å². The molecule has 90 valence electrons. The van der Waals surface area contributed by atoms with Gasteiger partial charge in [0, 0.05) is 10.9 Å². The number of aromatic nitrogens is 1. The normalized spacial score (nSPS) is 11.4. The largest absolute Gasteiger partial charge is 0.573 e. The molecule has 0 aliphatic rings. The molecule has 0 aliphatic heterocycles. The van der Waals surface area contributed by atoms with Gasteiger partial charge in [0.05, 0.1) is 19.0 Å². The molecule has 7 heteroatoms. The first kappa shape index (κ1) is 13.1. The Morgan fingerprint density at radius 1 is 1.44 bits per heavy atom. The number of hydrogen-bond donors (Lipinski definition) is 0. The van der Waals surface area contributed by atoms with Gasteiger partial charge in [0.2, 0.25) is 0 Å². The number of ether oxygens (including phenoxy) is 2. The van der Waals surface area contributed by atoms with Gasteiger partial charge in [0.15, 0.2) is 5.75 Å². The van der Waals surface area contributed by atoms with Gasteiger partial charge in [0.25, 0.3) is 0 Å². The maximum atomic E-state index is 12.0. The zero-order chi connectivity index (χ0) is 12.3. The Balaban J connectivity index is 3.14. The summed E-state index contributed by atoms with van der Waals surface area (Å²) in [6.07, 6.45) is -3.70. The summed E-state index contributed by atoms with van der Waals surface area (Å²) in [7, 11) is 1.37. The van der Waals surface area contributed by atoms with Gasteiger partial charge in [-0.1, -0.05) is 15.9 Å². The molecule has 0 atom stereocenters. The molecular weight excluding hydrogens is 291 g/mol. The highest BCUT2D eigenvalue weighted by Gasteiger charge is 2.32. The molecule has 0 unspecified atom stereocenters. The van der Waals surface area contributed by atoms with E-state index in [1.165, 1.54) is 14.0 Å². The van der Waals surface area contributed by atoms with Crippen LogP contribution in [0.4, 0.5) is 13.2 Å². The lowest BCUT2D eigenvalue weighted by Crippen LogP contribution is -2.18. The lowest BCUT2D eigenvalue weighted by molar-refractivity contribution is -0.275. The molecule has 1 rings (SSSR count). The van der Waals surface area contributed by atoms with Crippen molar-refractivity contribution in [2.75, 3.05) is 7.11 Å². The van der Waals surface area contributed by atoms with Gasteiger partial charge in [-0.3, -0.25) is 4.98 Å². The molecule has 0 fully saturated rings. The second kappa shape index (κ2) is 4.90. The third-order valence-electron chi connectivity index (χ3n) is 1.87. The van der Waals surface area contributed by atoms with Gasteiger partial charge < -0.3 is 9.47 Å². The van der Waals surface area contributed by atoms with Crippen molar-refractivity contribution in [3.63, 3.8) is 0 Å². The van der Waals surface area contributed by atoms with Crippen LogP contribution in [0.2, 0.25) is 0 Å². The van der Waals surface area contributed by atoms with Gasteiger partial charge in [-0.2, -0.15) is 0 Å². The molecule has 1 aromatic rings. The lowest BCUT2D eigenvalue weighted by Gasteiger charge is -2.14. The first-order valence-corrected chi connectivity index (χ1v) is 5.35. The molecule has 0 aliphatic carbocycles. The predicted molar refractivity (Wildman–Crippen MR) is 54.8 cm³/mol. The molecule has 3 nitrogen and oxygen atoms in total. The molecule has 0 N–H and O–H groups in total. The van der Waals surface area contributed by atoms with Crippen molar-refractivity contribution in [1.82, 2.24) is 4.98 Å². The topological polar surface area (TPSA) is 31.4 Å². The van der Waals surface area contributed by atoms with Crippen molar-refractivity contribution in [2.24, 2.45) is 0 Å². The van der Waals surface area contributed by atoms with E-state index in [2.05, 4.69) is 25.7 Å². The van der Waals surface area contributed by atoms with E-state index < -0.39 is 6.36 Å². The molecule has 1 aromatic heterocycles. The van der Waals surface area contributed by atoms with E-state index in [4.69, 9.17) is 4.74 Å². The summed E-state index contributed by atoms with van der Waals surface area (Å²) in [6.45, 7) is 1.48. The van der Waals surface area contributed by atoms with Crippen LogP contribution >= 0.6 is 15.9 Å². The first-order chi connectivity index (χ1) is 7.39. The number of rotatable bonds is 3. The lowest BCUT2D eigenvalue weighted by atomic mass is 10.2. The summed E-state index contributed by atoms with van der Waals surface area (Å²) in [5.74, 6) is -0.0623. The maximum Gasteiger partial charge on any atom is 0.573 e. The van der Waals surface area contributed by atoms with E-state index in [1.54, 1.807) is 0 Å². The molecule has 0 aromatic carbocycles. The summed E-state index contributed by atoms with van der Waals surface area (Å²) in [6, 6.07) is 0. The standard InChI is InChI=1S/C9H9BrF3NO2/c1-5-7(16-9(11,12)13)4-14-6(3-10)8(5)15-2/h4H,3H2,1-2H3. The second-order valence-electron chi connectivity index (χ2n) is 2.91. The monoisotopic (exact) mass is 299 g/mol. The second-order valence-corrected chi connectivity index (χ2v) is 3.47. The fraction of sp³-hybridized carbons (Fsp3) is 0.444. The van der Waals surface area contributed by atoms with Crippen LogP contribution in [-0.4, -0.2) is 18.5 Å². The van der Waals surface area contributed by atoms with Gasteiger partial charge in [-0.15, -0.1) is 13.2 Å². The van der Waals surface area contributed by atoms with Crippen LogP contribution in [0.3, 0.4) is 0 Å². The SMILES string of the molecule is COc1c(CBr)ncc(OC(F)(F)F)c1C. The van der Waals surface area contributed by atoms with Crippen LogP contribution in [-0.2, 0) is 5.33 Å². The average Bonchev–Trinajstić information content (AvgIpc) is 2.19. The summed E-state index contributed by atoms with van der Waals surface area (Å²) >= 11 is 3.16. The zero-order valence-electron chi connectivity index (χ0n) is 8.56. The number of halogens is 4. The molecule has 1 heterocycles. The Kier molecular flexibility index (Phi) is 4.01. The molecule has 0 bridgehead atoms. The molecule has 0 saturated carbocycles. The number of hydrogen-bond acceptors (Lipinski definition) is 3. The molecule has 0 amide bonds. The minimum absolute atomic E-state index is 0.268. The maximum absolute atomic E-state index is 12.0. The van der Waals surface area contributed by atoms with Crippen LogP contribution in [0.15, 0.2) is 6.20 Å². The Bertz CT molecular complexity index is 382. The number of alkyl halides is 4. The summed E-state index contributed by atoms with van der Waals surface area (Å²) in [5, 5.41) is 0.392. The summed E-state index contributed by atoms with van der Waals surface area (Å²) < 4.78 is 44.9. The molecule has 0 saturated heterocycles. The van der Waals surface area contributed by atoms with E-state index in [0.29, 0.717) is 16.8 Å². The van der Waals surface area contributed by atoms with Gasteiger partial charge in [0.1, 0.15) is 5.75 Å². The van der Waals surface area contributed by atoms with Crippen molar-refractivity contribution in [1.29, 1.82) is 0 Å². The fourth-order valence-corrected chi connectivity index (χ4v) is 1.61. The van der Waals surface area contributed by atoms with Crippen molar-refractivity contribution < 1.29 is 22.6 Å². The highest BCUT2D eigenvalue weighted by Crippen LogP contribution is 2.33. The van der Waals surface area contributed by atoms with Crippen LogP contribution in [0.25, 0.3) is 0 Å². The van der Waals surface area contributed by atoms with Gasteiger partial charge in [-0.25, -0.2) is 0 Å². The van der Waals surface area contributed by atoms with Gasteiger partial charge >= 0.3 is 6.36 Å².